The fourth-order valence-electron chi connectivity index (χ4n) is 2.94. The summed E-state index contributed by atoms with van der Waals surface area (Å²) in [6.07, 6.45) is 3.40. The molecule has 0 radical (unpaired) electrons. The first-order chi connectivity index (χ1) is 12.7. The number of rotatable bonds is 4. The van der Waals surface area contributed by atoms with E-state index in [1.807, 2.05) is 53.4 Å². The molecule has 0 unspecified atom stereocenters. The molecule has 136 valence electrons. The van der Waals surface area contributed by atoms with Crippen molar-refractivity contribution in [2.24, 2.45) is 0 Å². The summed E-state index contributed by atoms with van der Waals surface area (Å²) in [6.45, 7) is 1.71. The Labute approximate surface area is 159 Å². The molecular weight excluding hydrogens is 346 g/mol. The van der Waals surface area contributed by atoms with Gasteiger partial charge in [-0.25, -0.2) is 0 Å². The second-order valence-electron chi connectivity index (χ2n) is 6.24. The van der Waals surface area contributed by atoms with Gasteiger partial charge in [-0.3, -0.25) is 4.79 Å². The van der Waals surface area contributed by atoms with Crippen molar-refractivity contribution in [2.45, 2.75) is 19.3 Å². The molecule has 2 aromatic carbocycles. The van der Waals surface area contributed by atoms with Crippen molar-refractivity contribution >= 4 is 34.6 Å². The molecule has 2 N–H and O–H groups in total. The third-order valence-corrected chi connectivity index (χ3v) is 4.59. The van der Waals surface area contributed by atoms with Crippen LogP contribution in [0.3, 0.4) is 0 Å². The van der Waals surface area contributed by atoms with Crippen LogP contribution in [0.4, 0.5) is 11.4 Å². The molecule has 0 aromatic heterocycles. The number of ether oxygens (including phenoxy) is 1. The van der Waals surface area contributed by atoms with E-state index in [0.717, 1.165) is 43.1 Å². The average molecular weight is 369 g/mol. The molecule has 26 heavy (non-hydrogen) atoms. The van der Waals surface area contributed by atoms with E-state index in [1.54, 1.807) is 7.11 Å². The Hall–Kier alpha value is -2.60. The zero-order valence-electron chi connectivity index (χ0n) is 14.8. The predicted molar refractivity (Wildman–Crippen MR) is 109 cm³/mol. The molecular formula is C20H23N3O2S. The molecule has 0 bridgehead atoms. The van der Waals surface area contributed by atoms with E-state index in [1.165, 1.54) is 6.42 Å². The zero-order valence-corrected chi connectivity index (χ0v) is 15.6. The molecule has 6 heteroatoms. The van der Waals surface area contributed by atoms with Crippen molar-refractivity contribution in [3.05, 3.63) is 54.1 Å². The van der Waals surface area contributed by atoms with Crippen LogP contribution in [0.15, 0.2) is 48.5 Å². The molecule has 0 saturated carbocycles. The van der Waals surface area contributed by atoms with E-state index < -0.39 is 0 Å². The van der Waals surface area contributed by atoms with Gasteiger partial charge in [0.1, 0.15) is 5.75 Å². The lowest BCUT2D eigenvalue weighted by molar-refractivity contribution is 0.0724. The highest BCUT2D eigenvalue weighted by Crippen LogP contribution is 2.17. The highest BCUT2D eigenvalue weighted by molar-refractivity contribution is 7.80. The van der Waals surface area contributed by atoms with Crippen LogP contribution < -0.4 is 15.4 Å². The van der Waals surface area contributed by atoms with Crippen LogP contribution in [0.5, 0.6) is 5.75 Å². The molecule has 1 saturated heterocycles. The van der Waals surface area contributed by atoms with Crippen molar-refractivity contribution in [3.63, 3.8) is 0 Å². The van der Waals surface area contributed by atoms with Crippen molar-refractivity contribution < 1.29 is 9.53 Å². The SMILES string of the molecule is COc1ccc(NC(=S)Nc2ccc(C(=O)N3CCCCC3)cc2)cc1. The van der Waals surface area contributed by atoms with Gasteiger partial charge < -0.3 is 20.3 Å². The van der Waals surface area contributed by atoms with Gasteiger partial charge in [-0.05, 0) is 80.0 Å². The molecule has 1 aliphatic heterocycles. The van der Waals surface area contributed by atoms with Gasteiger partial charge >= 0.3 is 0 Å². The number of amides is 1. The minimum atomic E-state index is 0.107. The predicted octanol–water partition coefficient (Wildman–Crippen LogP) is 4.13. The van der Waals surface area contributed by atoms with Gasteiger partial charge in [0.15, 0.2) is 5.11 Å². The van der Waals surface area contributed by atoms with Crippen LogP contribution >= 0.6 is 12.2 Å². The number of nitrogens with one attached hydrogen (secondary N) is 2. The smallest absolute Gasteiger partial charge is 0.253 e. The number of anilines is 2. The molecule has 1 amide bonds. The molecule has 0 aliphatic carbocycles. The van der Waals surface area contributed by atoms with Crippen LogP contribution in [0, 0.1) is 0 Å². The van der Waals surface area contributed by atoms with Crippen molar-refractivity contribution in [1.29, 1.82) is 0 Å². The van der Waals surface area contributed by atoms with Crippen LogP contribution in [-0.4, -0.2) is 36.1 Å². The molecule has 1 fully saturated rings. The summed E-state index contributed by atoms with van der Waals surface area (Å²) >= 11 is 5.34. The second kappa shape index (κ2) is 8.67. The minimum Gasteiger partial charge on any atom is -0.497 e. The van der Waals surface area contributed by atoms with Gasteiger partial charge in [0, 0.05) is 30.0 Å². The third kappa shape index (κ3) is 4.73. The van der Waals surface area contributed by atoms with Gasteiger partial charge in [-0.2, -0.15) is 0 Å². The standard InChI is InChI=1S/C20H23N3O2S/c1-25-18-11-9-17(10-12-18)22-20(26)21-16-7-5-15(6-8-16)19(24)23-13-3-2-4-14-23/h5-12H,2-4,13-14H2,1H3,(H2,21,22,26). The number of piperidine rings is 1. The number of carbonyl (C=O) groups is 1. The first-order valence-corrected chi connectivity index (χ1v) is 9.18. The lowest BCUT2D eigenvalue weighted by atomic mass is 10.1. The quantitative estimate of drug-likeness (QED) is 0.794. The summed E-state index contributed by atoms with van der Waals surface area (Å²) in [5.41, 5.74) is 2.43. The van der Waals surface area contributed by atoms with Crippen LogP contribution in [0.2, 0.25) is 0 Å². The molecule has 2 aromatic rings. The minimum absolute atomic E-state index is 0.107. The van der Waals surface area contributed by atoms with Crippen LogP contribution in [0.1, 0.15) is 29.6 Å². The third-order valence-electron chi connectivity index (χ3n) is 4.38. The summed E-state index contributed by atoms with van der Waals surface area (Å²) in [5, 5.41) is 6.74. The first-order valence-electron chi connectivity index (χ1n) is 8.77. The van der Waals surface area contributed by atoms with E-state index in [0.29, 0.717) is 10.7 Å². The Balaban J connectivity index is 1.56. The second-order valence-corrected chi connectivity index (χ2v) is 6.65. The number of hydrogen-bond donors (Lipinski definition) is 2. The Morgan fingerprint density at radius 1 is 0.923 bits per heavy atom. The number of likely N-dealkylation sites (tertiary alicyclic amines) is 1. The topological polar surface area (TPSA) is 53.6 Å². The zero-order chi connectivity index (χ0) is 18.4. The summed E-state index contributed by atoms with van der Waals surface area (Å²) in [4.78, 5) is 14.4. The fourth-order valence-corrected chi connectivity index (χ4v) is 3.18. The highest BCUT2D eigenvalue weighted by Gasteiger charge is 2.17. The van der Waals surface area contributed by atoms with E-state index in [9.17, 15) is 4.79 Å². The van der Waals surface area contributed by atoms with E-state index in [-0.39, 0.29) is 5.91 Å². The summed E-state index contributed by atoms with van der Waals surface area (Å²) in [7, 11) is 1.63. The maximum atomic E-state index is 12.5. The van der Waals surface area contributed by atoms with Gasteiger partial charge in [-0.15, -0.1) is 0 Å². The van der Waals surface area contributed by atoms with Crippen molar-refractivity contribution in [3.8, 4) is 5.75 Å². The number of hydrogen-bond acceptors (Lipinski definition) is 3. The van der Waals surface area contributed by atoms with Crippen LogP contribution in [0.25, 0.3) is 0 Å². The number of carbonyl (C=O) groups excluding carboxylic acids is 1. The number of nitrogens with zero attached hydrogens (tertiary/aromatic N) is 1. The first kappa shape index (κ1) is 18.2. The Morgan fingerprint density at radius 2 is 1.46 bits per heavy atom. The summed E-state index contributed by atoms with van der Waals surface area (Å²) < 4.78 is 5.14. The number of thiocarbonyl (C=S) groups is 1. The maximum Gasteiger partial charge on any atom is 0.253 e. The lowest BCUT2D eigenvalue weighted by Crippen LogP contribution is -2.35. The van der Waals surface area contributed by atoms with Crippen LogP contribution in [-0.2, 0) is 0 Å². The molecule has 0 atom stereocenters. The molecule has 0 spiro atoms. The average Bonchev–Trinajstić information content (AvgIpc) is 2.69. The fraction of sp³-hybridized carbons (Fsp3) is 0.300. The van der Waals surface area contributed by atoms with Gasteiger partial charge in [-0.1, -0.05) is 0 Å². The van der Waals surface area contributed by atoms with Gasteiger partial charge in [0.2, 0.25) is 0 Å². The number of benzene rings is 2. The normalized spacial score (nSPS) is 13.8. The Morgan fingerprint density at radius 3 is 2.00 bits per heavy atom. The molecule has 1 heterocycles. The van der Waals surface area contributed by atoms with E-state index >= 15 is 0 Å². The lowest BCUT2D eigenvalue weighted by Gasteiger charge is -2.26. The van der Waals surface area contributed by atoms with E-state index in [4.69, 9.17) is 17.0 Å². The van der Waals surface area contributed by atoms with Crippen molar-refractivity contribution in [2.75, 3.05) is 30.8 Å². The van der Waals surface area contributed by atoms with E-state index in [2.05, 4.69) is 10.6 Å². The maximum absolute atomic E-state index is 12.5. The van der Waals surface area contributed by atoms with Gasteiger partial charge in [0.05, 0.1) is 7.11 Å². The number of methoxy groups -OCH3 is 1. The molecule has 5 nitrogen and oxygen atoms in total. The highest BCUT2D eigenvalue weighted by atomic mass is 32.1. The van der Waals surface area contributed by atoms with Gasteiger partial charge in [0.25, 0.3) is 5.91 Å². The van der Waals surface area contributed by atoms with Crippen molar-refractivity contribution in [1.82, 2.24) is 4.90 Å². The molecule has 1 aliphatic rings. The molecule has 3 rings (SSSR count). The Kier molecular flexibility index (Phi) is 6.07. The monoisotopic (exact) mass is 369 g/mol. The Bertz CT molecular complexity index is 754. The summed E-state index contributed by atoms with van der Waals surface area (Å²) in [5.74, 6) is 0.901. The summed E-state index contributed by atoms with van der Waals surface area (Å²) in [6, 6.07) is 15.0. The largest absolute Gasteiger partial charge is 0.497 e.